The van der Waals surface area contributed by atoms with Gasteiger partial charge in [0.25, 0.3) is 0 Å². The smallest absolute Gasteiger partial charge is 0.410 e. The number of carbonyl (C=O) groups is 1. The van der Waals surface area contributed by atoms with Crippen molar-refractivity contribution in [2.75, 3.05) is 19.7 Å². The number of fused-ring (bicyclic) bond motifs is 1. The van der Waals surface area contributed by atoms with Gasteiger partial charge in [-0.2, -0.15) is 0 Å². The fraction of sp³-hybridized carbons (Fsp3) is 0.600. The summed E-state index contributed by atoms with van der Waals surface area (Å²) in [6, 6.07) is 4.47. The third kappa shape index (κ3) is 8.24. The van der Waals surface area contributed by atoms with Crippen molar-refractivity contribution in [2.24, 2.45) is 0 Å². The van der Waals surface area contributed by atoms with Gasteiger partial charge in [0.15, 0.2) is 8.32 Å². The first-order valence-electron chi connectivity index (χ1n) is 12.0. The number of carbonyl (C=O) groups excluding carboxylic acids is 1. The summed E-state index contributed by atoms with van der Waals surface area (Å²) in [7, 11) is -5.90. The Labute approximate surface area is 225 Å². The van der Waals surface area contributed by atoms with Gasteiger partial charge >= 0.3 is 6.09 Å². The second-order valence-corrected chi connectivity index (χ2v) is 18.9. The molecule has 0 aliphatic carbocycles. The van der Waals surface area contributed by atoms with Gasteiger partial charge in [-0.05, 0) is 67.8 Å². The molecule has 0 spiro atoms. The molecule has 1 N–H and O–H groups in total. The highest BCUT2D eigenvalue weighted by molar-refractivity contribution is 9.10. The number of hydrogen-bond acceptors (Lipinski definition) is 6. The molecule has 0 unspecified atom stereocenters. The molecule has 0 saturated carbocycles. The highest BCUT2D eigenvalue weighted by Crippen LogP contribution is 2.36. The van der Waals surface area contributed by atoms with Gasteiger partial charge in [0.1, 0.15) is 5.60 Å². The van der Waals surface area contributed by atoms with Crippen LogP contribution in [0.3, 0.4) is 0 Å². The molecule has 36 heavy (non-hydrogen) atoms. The van der Waals surface area contributed by atoms with E-state index < -0.39 is 36.1 Å². The predicted molar refractivity (Wildman–Crippen MR) is 150 cm³/mol. The van der Waals surface area contributed by atoms with Crippen LogP contribution in [0.4, 0.5) is 4.79 Å². The van der Waals surface area contributed by atoms with Gasteiger partial charge in [0, 0.05) is 46.8 Å². The van der Waals surface area contributed by atoms with E-state index in [1.807, 2.05) is 6.07 Å². The van der Waals surface area contributed by atoms with Crippen LogP contribution in [0.1, 0.15) is 48.5 Å². The Bertz CT molecular complexity index is 1170. The van der Waals surface area contributed by atoms with Crippen LogP contribution in [-0.2, 0) is 19.2 Å². The van der Waals surface area contributed by atoms with Crippen LogP contribution in [-0.4, -0.2) is 64.1 Å². The summed E-state index contributed by atoms with van der Waals surface area (Å²) in [4.78, 5) is 18.7. The summed E-state index contributed by atoms with van der Waals surface area (Å²) in [6.07, 6.45) is 2.68. The van der Waals surface area contributed by atoms with Crippen molar-refractivity contribution in [3.05, 3.63) is 35.1 Å². The van der Waals surface area contributed by atoms with E-state index in [-0.39, 0.29) is 16.5 Å². The first kappa shape index (κ1) is 30.7. The van der Waals surface area contributed by atoms with E-state index in [9.17, 15) is 13.2 Å². The second-order valence-electron chi connectivity index (χ2n) is 11.5. The lowest BCUT2D eigenvalue weighted by atomic mass is 10.2. The molecule has 2 rings (SSSR count). The van der Waals surface area contributed by atoms with E-state index in [4.69, 9.17) is 9.16 Å². The fourth-order valence-corrected chi connectivity index (χ4v) is 6.50. The topological polar surface area (TPSA) is 97.8 Å². The van der Waals surface area contributed by atoms with Crippen LogP contribution in [0.15, 0.2) is 40.0 Å². The van der Waals surface area contributed by atoms with Gasteiger partial charge in [-0.1, -0.05) is 32.9 Å². The minimum Gasteiger partial charge on any atom is -0.444 e. The standard InChI is InChI=1S/C25H40BrN3O5SSi/c1-18(28-35(31,32)21-12-10-11-19-15-27-16-20(26)22(19)21)17-29(23(30)34-24(2,3)4)13-14-33-36(8,9)25(5,6)7/h10-12,15-16,18,28H,13-14,17H2,1-9H3/t18-/m0/s1. The minimum atomic E-state index is -3.89. The Balaban J connectivity index is 2.21. The minimum absolute atomic E-state index is 0.0366. The molecule has 1 atom stereocenters. The second kappa shape index (κ2) is 11.5. The number of pyridine rings is 1. The average Bonchev–Trinajstić information content (AvgIpc) is 2.70. The molecule has 11 heteroatoms. The quantitative estimate of drug-likeness (QED) is 0.358. The third-order valence-corrected chi connectivity index (χ3v) is 12.9. The largest absolute Gasteiger partial charge is 0.444 e. The molecule has 1 heterocycles. The summed E-state index contributed by atoms with van der Waals surface area (Å²) < 4.78 is 41.8. The van der Waals surface area contributed by atoms with Gasteiger partial charge in [-0.25, -0.2) is 17.9 Å². The molecule has 0 saturated heterocycles. The number of rotatable bonds is 9. The van der Waals surface area contributed by atoms with E-state index in [2.05, 4.69) is 59.5 Å². The summed E-state index contributed by atoms with van der Waals surface area (Å²) in [5, 5.41) is 1.30. The van der Waals surface area contributed by atoms with Crippen LogP contribution < -0.4 is 4.72 Å². The Morgan fingerprint density at radius 1 is 1.17 bits per heavy atom. The zero-order valence-corrected chi connectivity index (χ0v) is 26.2. The SMILES string of the molecule is C[C@@H](CN(CCO[Si](C)(C)C(C)(C)C)C(=O)OC(C)(C)C)NS(=O)(=O)c1cccc2cncc(Br)c12. The van der Waals surface area contributed by atoms with Crippen molar-refractivity contribution in [1.82, 2.24) is 14.6 Å². The maximum absolute atomic E-state index is 13.3. The highest BCUT2D eigenvalue weighted by atomic mass is 79.9. The Kier molecular flexibility index (Phi) is 9.77. The van der Waals surface area contributed by atoms with E-state index in [1.54, 1.807) is 52.2 Å². The van der Waals surface area contributed by atoms with Gasteiger partial charge < -0.3 is 14.1 Å². The molecule has 202 valence electrons. The molecule has 0 fully saturated rings. The summed E-state index contributed by atoms with van der Waals surface area (Å²) in [6.45, 7) is 18.7. The Hall–Kier alpha value is -1.53. The lowest BCUT2D eigenvalue weighted by Gasteiger charge is -2.37. The number of nitrogens with one attached hydrogen (secondary N) is 1. The van der Waals surface area contributed by atoms with Crippen molar-refractivity contribution in [3.63, 3.8) is 0 Å². The highest BCUT2D eigenvalue weighted by Gasteiger charge is 2.37. The first-order chi connectivity index (χ1) is 16.3. The molecule has 2 aromatic rings. The molecule has 8 nitrogen and oxygen atoms in total. The molecule has 0 bridgehead atoms. The maximum atomic E-state index is 13.3. The zero-order valence-electron chi connectivity index (χ0n) is 22.8. The average molecular weight is 603 g/mol. The molecular formula is C25H40BrN3O5SSi. The molecule has 1 amide bonds. The lowest BCUT2D eigenvalue weighted by Crippen LogP contribution is -2.48. The van der Waals surface area contributed by atoms with E-state index in [0.29, 0.717) is 28.4 Å². The van der Waals surface area contributed by atoms with E-state index >= 15 is 0 Å². The number of hydrogen-bond donors (Lipinski definition) is 1. The monoisotopic (exact) mass is 601 g/mol. The number of aromatic nitrogens is 1. The molecule has 0 aliphatic rings. The Morgan fingerprint density at radius 2 is 1.81 bits per heavy atom. The van der Waals surface area contributed by atoms with Crippen LogP contribution in [0.25, 0.3) is 10.8 Å². The Morgan fingerprint density at radius 3 is 2.39 bits per heavy atom. The molecule has 1 aromatic heterocycles. The number of sulfonamides is 1. The van der Waals surface area contributed by atoms with Gasteiger partial charge in [-0.3, -0.25) is 4.98 Å². The van der Waals surface area contributed by atoms with Gasteiger partial charge in [0.05, 0.1) is 11.5 Å². The van der Waals surface area contributed by atoms with E-state index in [0.717, 1.165) is 0 Å². The zero-order chi connectivity index (χ0) is 27.5. The van der Waals surface area contributed by atoms with Crippen molar-refractivity contribution < 1.29 is 22.4 Å². The predicted octanol–water partition coefficient (Wildman–Crippen LogP) is 5.92. The first-order valence-corrected chi connectivity index (χ1v) is 17.2. The molecule has 0 radical (unpaired) electrons. The van der Waals surface area contributed by atoms with E-state index in [1.165, 1.54) is 4.90 Å². The van der Waals surface area contributed by atoms with Crippen LogP contribution in [0.5, 0.6) is 0 Å². The number of nitrogens with zero attached hydrogens (tertiary/aromatic N) is 2. The van der Waals surface area contributed by atoms with Crippen LogP contribution in [0.2, 0.25) is 18.1 Å². The van der Waals surface area contributed by atoms with Crippen molar-refractivity contribution in [3.8, 4) is 0 Å². The maximum Gasteiger partial charge on any atom is 0.410 e. The van der Waals surface area contributed by atoms with Crippen molar-refractivity contribution in [2.45, 2.75) is 83.1 Å². The number of halogens is 1. The van der Waals surface area contributed by atoms with Crippen molar-refractivity contribution in [1.29, 1.82) is 0 Å². The molecule has 1 aromatic carbocycles. The van der Waals surface area contributed by atoms with Gasteiger partial charge in [-0.15, -0.1) is 0 Å². The normalized spacial score (nSPS) is 14.1. The summed E-state index contributed by atoms with van der Waals surface area (Å²) in [5.74, 6) is 0. The molecular weight excluding hydrogens is 562 g/mol. The summed E-state index contributed by atoms with van der Waals surface area (Å²) >= 11 is 3.42. The number of benzene rings is 1. The number of ether oxygens (including phenoxy) is 1. The van der Waals surface area contributed by atoms with Gasteiger partial charge in [0.2, 0.25) is 10.0 Å². The third-order valence-electron chi connectivity index (χ3n) is 6.12. The molecule has 0 aliphatic heterocycles. The fourth-order valence-electron chi connectivity index (χ4n) is 3.29. The van der Waals surface area contributed by atoms with Crippen LogP contribution in [0, 0.1) is 0 Å². The van der Waals surface area contributed by atoms with Crippen LogP contribution >= 0.6 is 15.9 Å². The summed E-state index contributed by atoms with van der Waals surface area (Å²) in [5.41, 5.74) is -0.679. The lowest BCUT2D eigenvalue weighted by molar-refractivity contribution is 0.0211. The van der Waals surface area contributed by atoms with Crippen molar-refractivity contribution >= 4 is 51.1 Å². The number of amides is 1.